The summed E-state index contributed by atoms with van der Waals surface area (Å²) in [4.78, 5) is 20.3. The molecule has 3 aromatic rings. The summed E-state index contributed by atoms with van der Waals surface area (Å²) in [5.41, 5.74) is 5.37. The first kappa shape index (κ1) is 20.3. The molecule has 156 valence electrons. The van der Waals surface area contributed by atoms with Crippen molar-refractivity contribution in [1.29, 1.82) is 0 Å². The van der Waals surface area contributed by atoms with Crippen molar-refractivity contribution in [2.45, 2.75) is 26.8 Å². The Bertz CT molecular complexity index is 1220. The average molecular weight is 413 g/mol. The van der Waals surface area contributed by atoms with Crippen LogP contribution in [-0.2, 0) is 0 Å². The molecule has 1 unspecified atom stereocenters. The smallest absolute Gasteiger partial charge is 0.337 e. The van der Waals surface area contributed by atoms with Crippen LogP contribution in [0.4, 0.5) is 5.69 Å². The molecule has 4 rings (SSSR count). The number of aromatic carboxylic acids is 1. The van der Waals surface area contributed by atoms with Gasteiger partial charge in [-0.05, 0) is 56.2 Å². The molecule has 1 aliphatic heterocycles. The normalized spacial score (nSPS) is 14.0. The third kappa shape index (κ3) is 3.80. The van der Waals surface area contributed by atoms with E-state index in [-0.39, 0.29) is 11.6 Å². The lowest BCUT2D eigenvalue weighted by atomic mass is 9.90. The monoisotopic (exact) mass is 413 g/mol. The number of nitrogens with one attached hydrogen (secondary N) is 1. The number of ether oxygens (including phenoxy) is 1. The number of carbonyl (C=O) groups is 1. The molecule has 1 aromatic heterocycles. The van der Waals surface area contributed by atoms with E-state index < -0.39 is 5.97 Å². The van der Waals surface area contributed by atoms with Gasteiger partial charge in [-0.15, -0.1) is 0 Å². The second-order valence-corrected chi connectivity index (χ2v) is 7.55. The molecule has 0 saturated carbocycles. The fourth-order valence-electron chi connectivity index (χ4n) is 3.71. The molecule has 6 heteroatoms. The molecular formula is C25H23N3O3. The van der Waals surface area contributed by atoms with Crippen LogP contribution in [0.3, 0.4) is 0 Å². The number of nitrogens with zero attached hydrogens (tertiary/aromatic N) is 2. The van der Waals surface area contributed by atoms with Crippen LogP contribution in [0.1, 0.15) is 52.8 Å². The maximum atomic E-state index is 11.6. The first-order chi connectivity index (χ1) is 14.9. The summed E-state index contributed by atoms with van der Waals surface area (Å²) < 4.78 is 6.36. The van der Waals surface area contributed by atoms with Gasteiger partial charge in [0.15, 0.2) is 11.6 Å². The van der Waals surface area contributed by atoms with E-state index in [1.165, 1.54) is 0 Å². The number of carboxylic acid groups (broad SMARTS) is 1. The Hall–Kier alpha value is -3.93. The molecule has 1 atom stereocenters. The van der Waals surface area contributed by atoms with Crippen LogP contribution in [0.2, 0.25) is 0 Å². The van der Waals surface area contributed by atoms with Gasteiger partial charge in [0.1, 0.15) is 5.75 Å². The number of para-hydroxylation sites is 1. The molecule has 0 aliphatic carbocycles. The minimum Gasteiger partial charge on any atom is -0.478 e. The van der Waals surface area contributed by atoms with Gasteiger partial charge in [0, 0.05) is 34.8 Å². The lowest BCUT2D eigenvalue weighted by Gasteiger charge is -2.28. The Labute approximate surface area is 181 Å². The first-order valence-corrected chi connectivity index (χ1v) is 9.96. The number of hydrogen-bond acceptors (Lipinski definition) is 5. The summed E-state index contributed by atoms with van der Waals surface area (Å²) in [5.74, 6) is 0.765. The van der Waals surface area contributed by atoms with Crippen molar-refractivity contribution in [2.24, 2.45) is 0 Å². The van der Waals surface area contributed by atoms with Crippen molar-refractivity contribution < 1.29 is 14.6 Å². The fraction of sp³-hybridized carbons (Fsp3) is 0.160. The van der Waals surface area contributed by atoms with Crippen molar-refractivity contribution in [3.05, 3.63) is 95.1 Å². The topological polar surface area (TPSA) is 84.3 Å². The van der Waals surface area contributed by atoms with Crippen LogP contribution >= 0.6 is 0 Å². The number of aryl methyl sites for hydroxylation is 1. The Kier molecular flexibility index (Phi) is 5.29. The molecule has 0 bridgehead atoms. The number of hydrogen-bond donors (Lipinski definition) is 2. The minimum atomic E-state index is -0.978. The van der Waals surface area contributed by atoms with Gasteiger partial charge in [-0.3, -0.25) is 0 Å². The molecule has 6 nitrogen and oxygen atoms in total. The van der Waals surface area contributed by atoms with Crippen LogP contribution in [-0.4, -0.2) is 21.0 Å². The second kappa shape index (κ2) is 8.07. The van der Waals surface area contributed by atoms with Crippen molar-refractivity contribution in [1.82, 2.24) is 9.97 Å². The van der Waals surface area contributed by atoms with E-state index in [4.69, 9.17) is 4.74 Å². The highest BCUT2D eigenvalue weighted by atomic mass is 16.5. The summed E-state index contributed by atoms with van der Waals surface area (Å²) in [7, 11) is 0. The zero-order valence-corrected chi connectivity index (χ0v) is 17.6. The van der Waals surface area contributed by atoms with Crippen LogP contribution in [0.25, 0.3) is 11.3 Å². The first-order valence-electron chi connectivity index (χ1n) is 9.96. The molecule has 2 heterocycles. The molecule has 0 fully saturated rings. The van der Waals surface area contributed by atoms with Gasteiger partial charge in [-0.25, -0.2) is 14.8 Å². The lowest BCUT2D eigenvalue weighted by molar-refractivity contribution is 0.0698. The summed E-state index contributed by atoms with van der Waals surface area (Å²) in [6.45, 7) is 10.2. The summed E-state index contributed by atoms with van der Waals surface area (Å²) in [6, 6.07) is 12.5. The average Bonchev–Trinajstić information content (AvgIpc) is 2.77. The highest BCUT2D eigenvalue weighted by molar-refractivity contribution is 5.94. The van der Waals surface area contributed by atoms with E-state index in [2.05, 4.69) is 21.9 Å². The lowest BCUT2D eigenvalue weighted by Crippen LogP contribution is -2.16. The largest absolute Gasteiger partial charge is 0.478 e. The van der Waals surface area contributed by atoms with Crippen molar-refractivity contribution in [3.63, 3.8) is 0 Å². The zero-order chi connectivity index (χ0) is 22.1. The Morgan fingerprint density at radius 2 is 1.84 bits per heavy atom. The molecule has 0 spiro atoms. The van der Waals surface area contributed by atoms with E-state index in [9.17, 15) is 9.90 Å². The van der Waals surface area contributed by atoms with E-state index in [1.54, 1.807) is 36.7 Å². The van der Waals surface area contributed by atoms with Crippen LogP contribution < -0.4 is 10.1 Å². The molecule has 31 heavy (non-hydrogen) atoms. The maximum Gasteiger partial charge on any atom is 0.337 e. The molecule has 1 aliphatic rings. The third-order valence-electron chi connectivity index (χ3n) is 5.35. The van der Waals surface area contributed by atoms with Gasteiger partial charge in [0.25, 0.3) is 0 Å². The van der Waals surface area contributed by atoms with Gasteiger partial charge < -0.3 is 15.2 Å². The number of carboxylic acids is 1. The predicted molar refractivity (Wildman–Crippen MR) is 121 cm³/mol. The number of fused-ring (bicyclic) bond motifs is 1. The van der Waals surface area contributed by atoms with Gasteiger partial charge in [-0.1, -0.05) is 24.8 Å². The van der Waals surface area contributed by atoms with Gasteiger partial charge >= 0.3 is 5.97 Å². The fourth-order valence-corrected chi connectivity index (χ4v) is 3.71. The quantitative estimate of drug-likeness (QED) is 0.575. The standard InChI is InChI=1S/C25H23N3O3/c1-14-12-19-15(2)16(3)22(24-26-10-7-11-27-24)31-23(19)20(13-14)17(4)28-21-9-6-5-8-18(21)25(29)30/h5-13,17,28H,2H2,1,3-4H3,(H,29,30). The Morgan fingerprint density at radius 3 is 2.55 bits per heavy atom. The number of rotatable bonds is 5. The summed E-state index contributed by atoms with van der Waals surface area (Å²) in [6.07, 6.45) is 3.35. The molecule has 2 aromatic carbocycles. The third-order valence-corrected chi connectivity index (χ3v) is 5.35. The Morgan fingerprint density at radius 1 is 1.13 bits per heavy atom. The van der Waals surface area contributed by atoms with Crippen LogP contribution in [0.5, 0.6) is 5.75 Å². The van der Waals surface area contributed by atoms with Crippen LogP contribution in [0.15, 0.2) is 67.0 Å². The SMILES string of the molecule is C=C1C(C)=C(c2ncccn2)Oc2c1cc(C)cc2C(C)Nc1ccccc1C(=O)O. The maximum absolute atomic E-state index is 11.6. The highest BCUT2D eigenvalue weighted by Crippen LogP contribution is 2.44. The van der Waals surface area contributed by atoms with Crippen LogP contribution in [0, 0.1) is 6.92 Å². The Balaban J connectivity index is 1.77. The second-order valence-electron chi connectivity index (χ2n) is 7.55. The number of benzene rings is 2. The van der Waals surface area contributed by atoms with E-state index in [1.807, 2.05) is 39.0 Å². The molecule has 2 N–H and O–H groups in total. The van der Waals surface area contributed by atoms with E-state index in [0.717, 1.165) is 27.8 Å². The van der Waals surface area contributed by atoms with Gasteiger partial charge in [0.2, 0.25) is 0 Å². The zero-order valence-electron chi connectivity index (χ0n) is 17.6. The highest BCUT2D eigenvalue weighted by Gasteiger charge is 2.28. The van der Waals surface area contributed by atoms with Crippen molar-refractivity contribution in [2.75, 3.05) is 5.32 Å². The predicted octanol–water partition coefficient (Wildman–Crippen LogP) is 5.49. The minimum absolute atomic E-state index is 0.218. The van der Waals surface area contributed by atoms with Gasteiger partial charge in [0.05, 0.1) is 11.6 Å². The number of allylic oxidation sites excluding steroid dienone is 2. The summed E-state index contributed by atoms with van der Waals surface area (Å²) in [5, 5.41) is 12.8. The molecular weight excluding hydrogens is 390 g/mol. The number of aromatic nitrogens is 2. The number of anilines is 1. The molecule has 0 amide bonds. The van der Waals surface area contributed by atoms with Gasteiger partial charge in [-0.2, -0.15) is 0 Å². The van der Waals surface area contributed by atoms with E-state index >= 15 is 0 Å². The molecule has 0 radical (unpaired) electrons. The van der Waals surface area contributed by atoms with E-state index in [0.29, 0.717) is 23.0 Å². The van der Waals surface area contributed by atoms with Crippen molar-refractivity contribution in [3.8, 4) is 5.75 Å². The van der Waals surface area contributed by atoms with Crippen molar-refractivity contribution >= 4 is 23.0 Å². The molecule has 0 saturated heterocycles. The summed E-state index contributed by atoms with van der Waals surface area (Å²) >= 11 is 0.